The van der Waals surface area contributed by atoms with Gasteiger partial charge in [-0.25, -0.2) is 9.78 Å². The van der Waals surface area contributed by atoms with Crippen molar-refractivity contribution in [2.75, 3.05) is 44.6 Å². The summed E-state index contributed by atoms with van der Waals surface area (Å²) in [4.78, 5) is 32.1. The minimum atomic E-state index is -0.292. The van der Waals surface area contributed by atoms with Gasteiger partial charge in [0.05, 0.1) is 18.8 Å². The third-order valence-corrected chi connectivity index (χ3v) is 5.17. The van der Waals surface area contributed by atoms with Gasteiger partial charge in [-0.15, -0.1) is 11.3 Å². The number of benzene rings is 1. The van der Waals surface area contributed by atoms with Crippen molar-refractivity contribution in [2.45, 2.75) is 6.92 Å². The number of thiazole rings is 1. The summed E-state index contributed by atoms with van der Waals surface area (Å²) < 4.78 is 5.00. The first-order chi connectivity index (χ1) is 13.0. The fraction of sp³-hybridized carbons (Fsp3) is 0.389. The van der Waals surface area contributed by atoms with Crippen LogP contribution in [0.3, 0.4) is 0 Å². The molecule has 0 spiro atoms. The molecule has 1 aliphatic rings. The lowest BCUT2D eigenvalue weighted by Gasteiger charge is -2.33. The van der Waals surface area contributed by atoms with E-state index in [0.717, 1.165) is 11.3 Å². The Hall–Kier alpha value is -2.16. The van der Waals surface area contributed by atoms with E-state index in [1.54, 1.807) is 11.8 Å². The molecular weight excluding hydrogens is 388 g/mol. The van der Waals surface area contributed by atoms with Crippen molar-refractivity contribution in [1.82, 2.24) is 14.8 Å². The van der Waals surface area contributed by atoms with E-state index in [-0.39, 0.29) is 18.5 Å². The summed E-state index contributed by atoms with van der Waals surface area (Å²) in [5.41, 5.74) is 1.75. The van der Waals surface area contributed by atoms with E-state index in [9.17, 15) is 9.59 Å². The standard InChI is InChI=1S/C18H21ClN4O3S/c1-2-26-18(25)23-9-7-22(8-10-23)11-16(24)21-17-20-15(12-27-17)13-3-5-14(19)6-4-13/h3-6,12H,2,7-11H2,1H3,(H,20,21,24). The number of nitrogens with zero attached hydrogens (tertiary/aromatic N) is 3. The minimum Gasteiger partial charge on any atom is -0.450 e. The molecule has 27 heavy (non-hydrogen) atoms. The minimum absolute atomic E-state index is 0.114. The number of halogens is 1. The first kappa shape index (κ1) is 19.6. The highest BCUT2D eigenvalue weighted by Crippen LogP contribution is 2.25. The number of hydrogen-bond donors (Lipinski definition) is 1. The molecule has 0 atom stereocenters. The maximum absolute atomic E-state index is 12.3. The second kappa shape index (κ2) is 9.16. The number of ether oxygens (including phenoxy) is 1. The van der Waals surface area contributed by atoms with Crippen LogP contribution in [-0.2, 0) is 9.53 Å². The Morgan fingerprint density at radius 2 is 1.93 bits per heavy atom. The van der Waals surface area contributed by atoms with E-state index in [4.69, 9.17) is 16.3 Å². The van der Waals surface area contributed by atoms with E-state index in [1.165, 1.54) is 11.3 Å². The Bertz CT molecular complexity index is 788. The Morgan fingerprint density at radius 3 is 2.59 bits per heavy atom. The van der Waals surface area contributed by atoms with Crippen molar-refractivity contribution in [3.8, 4) is 11.3 Å². The zero-order chi connectivity index (χ0) is 19.2. The van der Waals surface area contributed by atoms with Crippen molar-refractivity contribution in [3.05, 3.63) is 34.7 Å². The average Bonchev–Trinajstić information content (AvgIpc) is 3.11. The predicted molar refractivity (Wildman–Crippen MR) is 106 cm³/mol. The summed E-state index contributed by atoms with van der Waals surface area (Å²) in [6.45, 7) is 4.82. The van der Waals surface area contributed by atoms with E-state index in [1.807, 2.05) is 34.5 Å². The molecule has 1 fully saturated rings. The molecule has 2 amide bonds. The summed E-state index contributed by atoms with van der Waals surface area (Å²) in [7, 11) is 0. The van der Waals surface area contributed by atoms with Crippen molar-refractivity contribution in [1.29, 1.82) is 0 Å². The molecule has 2 heterocycles. The molecule has 0 bridgehead atoms. The van der Waals surface area contributed by atoms with Crippen LogP contribution in [0, 0.1) is 0 Å². The largest absolute Gasteiger partial charge is 0.450 e. The van der Waals surface area contributed by atoms with Gasteiger partial charge < -0.3 is 15.0 Å². The van der Waals surface area contributed by atoms with E-state index >= 15 is 0 Å². The van der Waals surface area contributed by atoms with Gasteiger partial charge in [0.15, 0.2) is 5.13 Å². The second-order valence-corrected chi connectivity index (χ2v) is 7.35. The molecule has 1 saturated heterocycles. The smallest absolute Gasteiger partial charge is 0.409 e. The van der Waals surface area contributed by atoms with Crippen LogP contribution >= 0.6 is 22.9 Å². The zero-order valence-electron chi connectivity index (χ0n) is 15.0. The molecule has 1 aliphatic heterocycles. The number of carbonyl (C=O) groups excluding carboxylic acids is 2. The summed E-state index contributed by atoms with van der Waals surface area (Å²) in [5.74, 6) is -0.114. The van der Waals surface area contributed by atoms with E-state index in [2.05, 4.69) is 10.3 Å². The third kappa shape index (κ3) is 5.41. The highest BCUT2D eigenvalue weighted by molar-refractivity contribution is 7.14. The molecule has 1 N–H and O–H groups in total. The topological polar surface area (TPSA) is 74.8 Å². The van der Waals surface area contributed by atoms with Gasteiger partial charge in [-0.2, -0.15) is 0 Å². The molecule has 1 aromatic carbocycles. The molecule has 0 aliphatic carbocycles. The maximum Gasteiger partial charge on any atom is 0.409 e. The molecule has 1 aromatic heterocycles. The van der Waals surface area contributed by atoms with Crippen LogP contribution in [0.2, 0.25) is 5.02 Å². The number of nitrogens with one attached hydrogen (secondary N) is 1. The van der Waals surface area contributed by atoms with Crippen molar-refractivity contribution < 1.29 is 14.3 Å². The summed E-state index contributed by atoms with van der Waals surface area (Å²) in [6, 6.07) is 7.41. The van der Waals surface area contributed by atoms with Crippen LogP contribution in [0.1, 0.15) is 6.92 Å². The predicted octanol–water partition coefficient (Wildman–Crippen LogP) is 3.18. The van der Waals surface area contributed by atoms with Gasteiger partial charge in [0.2, 0.25) is 5.91 Å². The molecule has 144 valence electrons. The van der Waals surface area contributed by atoms with Crippen LogP contribution in [0.5, 0.6) is 0 Å². The van der Waals surface area contributed by atoms with Crippen LogP contribution in [0.4, 0.5) is 9.93 Å². The van der Waals surface area contributed by atoms with Gasteiger partial charge in [0.1, 0.15) is 0 Å². The third-order valence-electron chi connectivity index (χ3n) is 4.16. The van der Waals surface area contributed by atoms with Crippen molar-refractivity contribution >= 4 is 40.1 Å². The van der Waals surface area contributed by atoms with Gasteiger partial charge in [-0.05, 0) is 19.1 Å². The molecule has 9 heteroatoms. The van der Waals surface area contributed by atoms with Gasteiger partial charge in [-0.3, -0.25) is 9.69 Å². The SMILES string of the molecule is CCOC(=O)N1CCN(CC(=O)Nc2nc(-c3ccc(Cl)cc3)cs2)CC1. The van der Waals surface area contributed by atoms with E-state index in [0.29, 0.717) is 42.9 Å². The van der Waals surface area contributed by atoms with Crippen molar-refractivity contribution in [2.24, 2.45) is 0 Å². The highest BCUT2D eigenvalue weighted by atomic mass is 35.5. The Kier molecular flexibility index (Phi) is 6.65. The number of aromatic nitrogens is 1. The molecule has 3 rings (SSSR count). The quantitative estimate of drug-likeness (QED) is 0.822. The van der Waals surface area contributed by atoms with Crippen molar-refractivity contribution in [3.63, 3.8) is 0 Å². The molecule has 0 radical (unpaired) electrons. The Balaban J connectivity index is 1.48. The lowest BCUT2D eigenvalue weighted by molar-refractivity contribution is -0.117. The summed E-state index contributed by atoms with van der Waals surface area (Å²) in [5, 5.41) is 5.98. The second-order valence-electron chi connectivity index (χ2n) is 6.06. The van der Waals surface area contributed by atoms with Gasteiger partial charge in [-0.1, -0.05) is 23.7 Å². The van der Waals surface area contributed by atoms with Crippen LogP contribution in [-0.4, -0.2) is 66.1 Å². The number of amides is 2. The number of rotatable bonds is 5. The van der Waals surface area contributed by atoms with Gasteiger partial charge >= 0.3 is 6.09 Å². The summed E-state index contributed by atoms with van der Waals surface area (Å²) >= 11 is 7.28. The molecule has 2 aromatic rings. The fourth-order valence-electron chi connectivity index (χ4n) is 2.75. The average molecular weight is 409 g/mol. The number of hydrogen-bond acceptors (Lipinski definition) is 6. The first-order valence-electron chi connectivity index (χ1n) is 8.70. The number of anilines is 1. The van der Waals surface area contributed by atoms with E-state index < -0.39 is 0 Å². The maximum atomic E-state index is 12.3. The monoisotopic (exact) mass is 408 g/mol. The number of carbonyl (C=O) groups is 2. The molecule has 0 saturated carbocycles. The molecular formula is C18H21ClN4O3S. The zero-order valence-corrected chi connectivity index (χ0v) is 16.6. The molecule has 7 nitrogen and oxygen atoms in total. The normalized spacial score (nSPS) is 14.8. The first-order valence-corrected chi connectivity index (χ1v) is 9.96. The lowest BCUT2D eigenvalue weighted by Crippen LogP contribution is -2.50. The molecule has 0 unspecified atom stereocenters. The van der Waals surface area contributed by atoms with Crippen LogP contribution in [0.15, 0.2) is 29.6 Å². The Morgan fingerprint density at radius 1 is 1.22 bits per heavy atom. The Labute approximate surface area is 166 Å². The lowest BCUT2D eigenvalue weighted by atomic mass is 10.2. The highest BCUT2D eigenvalue weighted by Gasteiger charge is 2.23. The van der Waals surface area contributed by atoms with Gasteiger partial charge in [0, 0.05) is 42.1 Å². The van der Waals surface area contributed by atoms with Crippen LogP contribution < -0.4 is 5.32 Å². The van der Waals surface area contributed by atoms with Gasteiger partial charge in [0.25, 0.3) is 0 Å². The fourth-order valence-corrected chi connectivity index (χ4v) is 3.61. The number of piperazine rings is 1. The van der Waals surface area contributed by atoms with Crippen LogP contribution in [0.25, 0.3) is 11.3 Å². The summed E-state index contributed by atoms with van der Waals surface area (Å²) in [6.07, 6.45) is -0.292.